The molecular weight excluding hydrogens is 472 g/mol. The van der Waals surface area contributed by atoms with Crippen molar-refractivity contribution >= 4 is 23.8 Å². The van der Waals surface area contributed by atoms with Gasteiger partial charge in [-0.05, 0) is 99.3 Å². The van der Waals surface area contributed by atoms with Crippen molar-refractivity contribution in [3.63, 3.8) is 0 Å². The third-order valence-electron chi connectivity index (χ3n) is 5.57. The largest absolute Gasteiger partial charge is 0.444 e. The van der Waals surface area contributed by atoms with E-state index in [9.17, 15) is 19.2 Å². The van der Waals surface area contributed by atoms with Crippen molar-refractivity contribution in [1.82, 2.24) is 15.5 Å². The molecule has 0 heterocycles. The first kappa shape index (κ1) is 31.9. The minimum Gasteiger partial charge on any atom is -0.444 e. The molecule has 0 saturated heterocycles. The lowest BCUT2D eigenvalue weighted by Gasteiger charge is -2.44. The molecule has 9 nitrogen and oxygen atoms in total. The van der Waals surface area contributed by atoms with Crippen molar-refractivity contribution in [2.24, 2.45) is 5.73 Å². The molecular formula is C28H46N4O5. The van der Waals surface area contributed by atoms with Gasteiger partial charge < -0.3 is 26.0 Å². The van der Waals surface area contributed by atoms with Gasteiger partial charge in [-0.1, -0.05) is 18.2 Å². The van der Waals surface area contributed by atoms with Gasteiger partial charge in [-0.3, -0.25) is 14.4 Å². The minimum atomic E-state index is -1.14. The first-order chi connectivity index (χ1) is 16.6. The van der Waals surface area contributed by atoms with Crippen molar-refractivity contribution < 1.29 is 23.9 Å². The Morgan fingerprint density at radius 1 is 0.973 bits per heavy atom. The van der Waals surface area contributed by atoms with Crippen LogP contribution in [-0.4, -0.2) is 51.4 Å². The van der Waals surface area contributed by atoms with Crippen LogP contribution >= 0.6 is 0 Å². The average molecular weight is 519 g/mol. The average Bonchev–Trinajstić information content (AvgIpc) is 2.67. The predicted molar refractivity (Wildman–Crippen MR) is 145 cm³/mol. The molecule has 2 unspecified atom stereocenters. The normalized spacial score (nSPS) is 13.8. The molecule has 4 amide bonds. The van der Waals surface area contributed by atoms with Gasteiger partial charge in [-0.15, -0.1) is 0 Å². The molecule has 1 aromatic carbocycles. The Morgan fingerprint density at radius 2 is 1.54 bits per heavy atom. The van der Waals surface area contributed by atoms with Gasteiger partial charge in [0.05, 0.1) is 0 Å². The number of ether oxygens (including phenoxy) is 1. The van der Waals surface area contributed by atoms with Gasteiger partial charge in [0.25, 0.3) is 0 Å². The summed E-state index contributed by atoms with van der Waals surface area (Å²) in [5, 5.41) is 5.62. The van der Waals surface area contributed by atoms with Crippen LogP contribution in [0.2, 0.25) is 0 Å². The second-order valence-corrected chi connectivity index (χ2v) is 12.5. The van der Waals surface area contributed by atoms with Gasteiger partial charge in [0, 0.05) is 17.5 Å². The van der Waals surface area contributed by atoms with Crippen LogP contribution in [0.15, 0.2) is 18.2 Å². The van der Waals surface area contributed by atoms with Gasteiger partial charge in [0.15, 0.2) is 0 Å². The highest BCUT2D eigenvalue weighted by molar-refractivity contribution is 5.93. The number of primary amides is 1. The number of nitrogens with zero attached hydrogens (tertiary/aromatic N) is 1. The maximum atomic E-state index is 14.2. The summed E-state index contributed by atoms with van der Waals surface area (Å²) < 4.78 is 5.37. The van der Waals surface area contributed by atoms with Crippen molar-refractivity contribution in [3.05, 3.63) is 34.9 Å². The molecule has 1 rings (SSSR count). The van der Waals surface area contributed by atoms with Crippen molar-refractivity contribution in [1.29, 1.82) is 0 Å². The summed E-state index contributed by atoms with van der Waals surface area (Å²) in [6.45, 7) is 20.1. The lowest BCUT2D eigenvalue weighted by Crippen LogP contribution is -2.59. The highest BCUT2D eigenvalue weighted by Crippen LogP contribution is 2.33. The molecule has 2 atom stereocenters. The molecule has 0 aliphatic heterocycles. The van der Waals surface area contributed by atoms with E-state index in [-0.39, 0.29) is 18.7 Å². The number of amides is 4. The van der Waals surface area contributed by atoms with Gasteiger partial charge in [0.2, 0.25) is 17.7 Å². The lowest BCUT2D eigenvalue weighted by molar-refractivity contribution is -0.149. The summed E-state index contributed by atoms with van der Waals surface area (Å²) in [4.78, 5) is 53.8. The van der Waals surface area contributed by atoms with Crippen molar-refractivity contribution in [3.8, 4) is 0 Å². The number of hydrogen-bond donors (Lipinski definition) is 3. The Morgan fingerprint density at radius 3 is 2.00 bits per heavy atom. The number of rotatable bonds is 8. The zero-order valence-electron chi connectivity index (χ0n) is 24.4. The number of alkyl carbamates (subject to hydrolysis) is 1. The van der Waals surface area contributed by atoms with E-state index in [2.05, 4.69) is 10.6 Å². The van der Waals surface area contributed by atoms with Gasteiger partial charge in [-0.25, -0.2) is 4.79 Å². The van der Waals surface area contributed by atoms with Crippen LogP contribution in [0.3, 0.4) is 0 Å². The Bertz CT molecular complexity index is 999. The van der Waals surface area contributed by atoms with Crippen LogP contribution in [0.25, 0.3) is 0 Å². The smallest absolute Gasteiger partial charge is 0.408 e. The Labute approximate surface area is 221 Å². The molecule has 0 saturated carbocycles. The van der Waals surface area contributed by atoms with E-state index in [4.69, 9.17) is 10.5 Å². The first-order valence-corrected chi connectivity index (χ1v) is 12.6. The van der Waals surface area contributed by atoms with E-state index in [0.717, 1.165) is 11.1 Å². The van der Waals surface area contributed by atoms with Crippen LogP contribution in [0.1, 0.15) is 97.9 Å². The van der Waals surface area contributed by atoms with Crippen LogP contribution in [-0.2, 0) is 19.1 Å². The molecule has 4 N–H and O–H groups in total. The third kappa shape index (κ3) is 10.1. The van der Waals surface area contributed by atoms with Gasteiger partial charge in [0.1, 0.15) is 17.7 Å². The monoisotopic (exact) mass is 518 g/mol. The Kier molecular flexibility index (Phi) is 10.3. The molecule has 1 aromatic rings. The summed E-state index contributed by atoms with van der Waals surface area (Å²) >= 11 is 0. The summed E-state index contributed by atoms with van der Waals surface area (Å²) in [6, 6.07) is 3.49. The fraction of sp³-hybridized carbons (Fsp3) is 0.643. The highest BCUT2D eigenvalue weighted by atomic mass is 16.6. The Hall–Kier alpha value is -3.10. The number of hydrogen-bond acceptors (Lipinski definition) is 5. The Balaban J connectivity index is 3.70. The number of benzene rings is 1. The molecule has 0 radical (unpaired) electrons. The summed E-state index contributed by atoms with van der Waals surface area (Å²) in [5.41, 5.74) is 5.72. The molecule has 0 aromatic heterocycles. The van der Waals surface area contributed by atoms with Crippen molar-refractivity contribution in [2.75, 3.05) is 0 Å². The quantitative estimate of drug-likeness (QED) is 0.478. The maximum Gasteiger partial charge on any atom is 0.408 e. The molecule has 0 spiro atoms. The third-order valence-corrected chi connectivity index (χ3v) is 5.57. The van der Waals surface area contributed by atoms with E-state index in [0.29, 0.717) is 5.56 Å². The second-order valence-electron chi connectivity index (χ2n) is 12.5. The fourth-order valence-corrected chi connectivity index (χ4v) is 3.91. The number of carbonyl (C=O) groups is 4. The molecule has 37 heavy (non-hydrogen) atoms. The molecule has 9 heteroatoms. The summed E-state index contributed by atoms with van der Waals surface area (Å²) in [6.07, 6.45) is -0.973. The zero-order valence-corrected chi connectivity index (χ0v) is 24.4. The van der Waals surface area contributed by atoms with E-state index < -0.39 is 46.7 Å². The number of nitrogens with one attached hydrogen (secondary N) is 2. The SMILES string of the molecule is Cc1cccc(C(C(=O)NC(C)(C)C)N(C(=O)C(CCC(N)=O)NC(=O)OC(C)(C)C)C(C)(C)C)c1C. The maximum absolute atomic E-state index is 14.2. The molecule has 208 valence electrons. The number of nitrogens with two attached hydrogens (primary N) is 1. The van der Waals surface area contributed by atoms with Crippen LogP contribution in [0.5, 0.6) is 0 Å². The van der Waals surface area contributed by atoms with E-state index in [1.807, 2.05) is 73.6 Å². The fourth-order valence-electron chi connectivity index (χ4n) is 3.91. The van der Waals surface area contributed by atoms with E-state index >= 15 is 0 Å². The standard InChI is InChI=1S/C28H46N4O5/c1-17-13-12-14-19(18(17)2)22(23(34)31-26(3,4)5)32(27(6,7)8)24(35)20(15-16-21(29)33)30-25(36)37-28(9,10)11/h12-14,20,22H,15-16H2,1-11H3,(H2,29,33)(H,30,36)(H,31,34). The molecule has 0 aliphatic rings. The highest BCUT2D eigenvalue weighted by Gasteiger charge is 2.43. The van der Waals surface area contributed by atoms with Crippen LogP contribution in [0.4, 0.5) is 4.79 Å². The topological polar surface area (TPSA) is 131 Å². The predicted octanol–water partition coefficient (Wildman–Crippen LogP) is 4.05. The summed E-state index contributed by atoms with van der Waals surface area (Å²) in [5.74, 6) is -1.48. The molecule has 0 aliphatic carbocycles. The zero-order chi connectivity index (χ0) is 28.9. The first-order valence-electron chi connectivity index (χ1n) is 12.6. The molecule has 0 fully saturated rings. The van der Waals surface area contributed by atoms with Crippen LogP contribution in [0, 0.1) is 13.8 Å². The van der Waals surface area contributed by atoms with E-state index in [1.54, 1.807) is 20.8 Å². The van der Waals surface area contributed by atoms with E-state index in [1.165, 1.54) is 4.90 Å². The van der Waals surface area contributed by atoms with Crippen LogP contribution < -0.4 is 16.4 Å². The summed E-state index contributed by atoms with van der Waals surface area (Å²) in [7, 11) is 0. The number of aryl methyl sites for hydroxylation is 1. The van der Waals surface area contributed by atoms with Crippen molar-refractivity contribution in [2.45, 2.75) is 118 Å². The second kappa shape index (κ2) is 12.0. The minimum absolute atomic E-state index is 0.0413. The van der Waals surface area contributed by atoms with Gasteiger partial charge >= 0.3 is 6.09 Å². The van der Waals surface area contributed by atoms with Gasteiger partial charge in [-0.2, -0.15) is 0 Å². The molecule has 0 bridgehead atoms. The number of carbonyl (C=O) groups excluding carboxylic acids is 4. The lowest BCUT2D eigenvalue weighted by atomic mass is 9.90.